The van der Waals surface area contributed by atoms with E-state index in [2.05, 4.69) is 11.1 Å². The summed E-state index contributed by atoms with van der Waals surface area (Å²) in [6.07, 6.45) is 1.55. The van der Waals surface area contributed by atoms with Gasteiger partial charge < -0.3 is 5.11 Å². The number of pyridine rings is 1. The zero-order chi connectivity index (χ0) is 10.1. The van der Waals surface area contributed by atoms with Crippen LogP contribution in [0.1, 0.15) is 11.1 Å². The highest BCUT2D eigenvalue weighted by atomic mass is 16.3. The van der Waals surface area contributed by atoms with Crippen molar-refractivity contribution in [1.29, 1.82) is 5.26 Å². The van der Waals surface area contributed by atoms with Gasteiger partial charge in [-0.1, -0.05) is 0 Å². The highest BCUT2D eigenvalue weighted by Gasteiger charge is 2.04. The summed E-state index contributed by atoms with van der Waals surface area (Å²) in [5.74, 6) is 0.192. The zero-order valence-corrected chi connectivity index (χ0v) is 7.65. The van der Waals surface area contributed by atoms with E-state index in [0.29, 0.717) is 5.56 Å². The summed E-state index contributed by atoms with van der Waals surface area (Å²) >= 11 is 0. The molecule has 1 aromatic heterocycles. The number of phenols is 1. The molecule has 1 heterocycles. The van der Waals surface area contributed by atoms with Gasteiger partial charge in [0.2, 0.25) is 0 Å². The van der Waals surface area contributed by atoms with Gasteiger partial charge in [-0.05, 0) is 30.7 Å². The lowest BCUT2D eigenvalue weighted by molar-refractivity contribution is 0.476. The van der Waals surface area contributed by atoms with Crippen LogP contribution in [0, 0.1) is 18.3 Å². The van der Waals surface area contributed by atoms with Gasteiger partial charge in [-0.25, -0.2) is 0 Å². The highest BCUT2D eigenvalue weighted by Crippen LogP contribution is 2.23. The molecule has 1 aromatic carbocycles. The molecule has 0 saturated carbocycles. The van der Waals surface area contributed by atoms with Crippen LogP contribution in [-0.4, -0.2) is 10.1 Å². The predicted molar refractivity (Wildman–Crippen MR) is 52.9 cm³/mol. The summed E-state index contributed by atoms with van der Waals surface area (Å²) in [7, 11) is 0. The molecule has 1 N–H and O–H groups in total. The van der Waals surface area contributed by atoms with Crippen LogP contribution in [0.4, 0.5) is 0 Å². The van der Waals surface area contributed by atoms with Gasteiger partial charge in [0.05, 0.1) is 11.1 Å². The van der Waals surface area contributed by atoms with Crippen LogP contribution < -0.4 is 0 Å². The van der Waals surface area contributed by atoms with Crippen LogP contribution in [0.3, 0.4) is 0 Å². The van der Waals surface area contributed by atoms with Gasteiger partial charge in [0.25, 0.3) is 0 Å². The minimum absolute atomic E-state index is 0.192. The largest absolute Gasteiger partial charge is 0.508 e. The number of aromatic hydroxyl groups is 1. The number of rotatable bonds is 0. The van der Waals surface area contributed by atoms with E-state index in [4.69, 9.17) is 5.26 Å². The first-order valence-electron chi connectivity index (χ1n) is 4.21. The van der Waals surface area contributed by atoms with E-state index in [1.807, 2.05) is 6.92 Å². The lowest BCUT2D eigenvalue weighted by Gasteiger charge is -2.03. The summed E-state index contributed by atoms with van der Waals surface area (Å²) in [4.78, 5) is 4.12. The number of fused-ring (bicyclic) bond motifs is 1. The highest BCUT2D eigenvalue weighted by molar-refractivity contribution is 5.84. The summed E-state index contributed by atoms with van der Waals surface area (Å²) in [6, 6.07) is 7.01. The van der Waals surface area contributed by atoms with Crippen molar-refractivity contribution in [2.75, 3.05) is 0 Å². The number of nitrogens with zero attached hydrogens (tertiary/aromatic N) is 2. The molecule has 3 heteroatoms. The summed E-state index contributed by atoms with van der Waals surface area (Å²) in [5, 5.41) is 18.9. The molecule has 0 aliphatic rings. The van der Waals surface area contributed by atoms with Crippen molar-refractivity contribution < 1.29 is 5.11 Å². The first-order chi connectivity index (χ1) is 6.72. The fraction of sp³-hybridized carbons (Fsp3) is 0.0909. The third-order valence-electron chi connectivity index (χ3n) is 2.24. The molecule has 14 heavy (non-hydrogen) atoms. The van der Waals surface area contributed by atoms with Crippen LogP contribution >= 0.6 is 0 Å². The molecule has 2 rings (SSSR count). The molecule has 0 aliphatic carbocycles. The number of benzene rings is 1. The Morgan fingerprint density at radius 1 is 1.43 bits per heavy atom. The Morgan fingerprint density at radius 2 is 2.21 bits per heavy atom. The molecule has 2 aromatic rings. The number of aromatic nitrogens is 1. The molecule has 0 amide bonds. The second-order valence-corrected chi connectivity index (χ2v) is 3.11. The number of phenolic OH excluding ortho intramolecular Hbond substituents is 1. The van der Waals surface area contributed by atoms with Crippen LogP contribution in [0.2, 0.25) is 0 Å². The average Bonchev–Trinajstić information content (AvgIpc) is 2.20. The molecule has 0 unspecified atom stereocenters. The fourth-order valence-electron chi connectivity index (χ4n) is 1.43. The van der Waals surface area contributed by atoms with E-state index < -0.39 is 0 Å². The van der Waals surface area contributed by atoms with Crippen molar-refractivity contribution in [3.05, 3.63) is 35.5 Å². The smallest absolute Gasteiger partial charge is 0.116 e. The van der Waals surface area contributed by atoms with Crippen molar-refractivity contribution in [3.63, 3.8) is 0 Å². The van der Waals surface area contributed by atoms with Gasteiger partial charge in [0.1, 0.15) is 11.8 Å². The maximum absolute atomic E-state index is 9.31. The molecule has 0 atom stereocenters. The molecule has 0 radical (unpaired) electrons. The first-order valence-corrected chi connectivity index (χ1v) is 4.21. The molecular weight excluding hydrogens is 176 g/mol. The molecular formula is C11H8N2O. The number of hydrogen-bond acceptors (Lipinski definition) is 3. The predicted octanol–water partition coefficient (Wildman–Crippen LogP) is 2.12. The number of hydrogen-bond donors (Lipinski definition) is 1. The molecule has 0 spiro atoms. The van der Waals surface area contributed by atoms with E-state index in [0.717, 1.165) is 16.5 Å². The lowest BCUT2D eigenvalue weighted by atomic mass is 10.1. The Bertz CT molecular complexity index is 541. The summed E-state index contributed by atoms with van der Waals surface area (Å²) in [6.45, 7) is 1.85. The zero-order valence-electron chi connectivity index (χ0n) is 7.65. The lowest BCUT2D eigenvalue weighted by Crippen LogP contribution is -1.87. The Labute approximate surface area is 81.2 Å². The molecule has 0 bridgehead atoms. The van der Waals surface area contributed by atoms with Crippen LogP contribution in [0.25, 0.3) is 10.9 Å². The van der Waals surface area contributed by atoms with Crippen molar-refractivity contribution in [2.24, 2.45) is 0 Å². The van der Waals surface area contributed by atoms with Crippen LogP contribution in [-0.2, 0) is 0 Å². The Hall–Kier alpha value is -2.08. The van der Waals surface area contributed by atoms with Crippen molar-refractivity contribution >= 4 is 10.9 Å². The van der Waals surface area contributed by atoms with Gasteiger partial charge in [0, 0.05) is 11.6 Å². The second-order valence-electron chi connectivity index (χ2n) is 3.11. The average molecular weight is 184 g/mol. The van der Waals surface area contributed by atoms with Gasteiger partial charge in [0.15, 0.2) is 0 Å². The monoisotopic (exact) mass is 184 g/mol. The van der Waals surface area contributed by atoms with E-state index >= 15 is 0 Å². The van der Waals surface area contributed by atoms with Crippen molar-refractivity contribution in [1.82, 2.24) is 4.98 Å². The summed E-state index contributed by atoms with van der Waals surface area (Å²) < 4.78 is 0. The van der Waals surface area contributed by atoms with Crippen LogP contribution in [0.5, 0.6) is 5.75 Å². The van der Waals surface area contributed by atoms with E-state index in [1.54, 1.807) is 24.4 Å². The fourth-order valence-corrected chi connectivity index (χ4v) is 1.43. The Morgan fingerprint density at radius 3 is 2.93 bits per heavy atom. The number of nitriles is 1. The standard InChI is InChI=1S/C11H8N2O/c1-7-8(5-12)6-13-11-3-2-9(14)4-10(7)11/h2-4,6,14H,1H3. The molecule has 68 valence electrons. The molecule has 0 saturated heterocycles. The molecule has 3 nitrogen and oxygen atoms in total. The Balaban J connectivity index is 2.88. The minimum Gasteiger partial charge on any atom is -0.508 e. The summed E-state index contributed by atoms with van der Waals surface area (Å²) in [5.41, 5.74) is 2.19. The molecule has 0 fully saturated rings. The van der Waals surface area contributed by atoms with Gasteiger partial charge in [-0.15, -0.1) is 0 Å². The quantitative estimate of drug-likeness (QED) is 0.682. The van der Waals surface area contributed by atoms with Gasteiger partial charge in [-0.2, -0.15) is 5.26 Å². The first kappa shape index (κ1) is 8.52. The van der Waals surface area contributed by atoms with Crippen molar-refractivity contribution in [3.8, 4) is 11.8 Å². The SMILES string of the molecule is Cc1c(C#N)cnc2ccc(O)cc12. The third-order valence-corrected chi connectivity index (χ3v) is 2.24. The van der Waals surface area contributed by atoms with Gasteiger partial charge >= 0.3 is 0 Å². The third kappa shape index (κ3) is 1.17. The topological polar surface area (TPSA) is 56.9 Å². The van der Waals surface area contributed by atoms with E-state index in [-0.39, 0.29) is 5.75 Å². The Kier molecular flexibility index (Phi) is 1.83. The maximum atomic E-state index is 9.31. The minimum atomic E-state index is 0.192. The number of aryl methyl sites for hydroxylation is 1. The van der Waals surface area contributed by atoms with Crippen molar-refractivity contribution in [2.45, 2.75) is 6.92 Å². The second kappa shape index (κ2) is 3.00. The van der Waals surface area contributed by atoms with E-state index in [9.17, 15) is 5.11 Å². The van der Waals surface area contributed by atoms with E-state index in [1.165, 1.54) is 0 Å². The van der Waals surface area contributed by atoms with Crippen LogP contribution in [0.15, 0.2) is 24.4 Å². The van der Waals surface area contributed by atoms with Gasteiger partial charge in [-0.3, -0.25) is 4.98 Å². The molecule has 0 aliphatic heterocycles. The normalized spacial score (nSPS) is 10.0. The maximum Gasteiger partial charge on any atom is 0.116 e.